The van der Waals surface area contributed by atoms with E-state index in [4.69, 9.17) is 14.2 Å². The number of amides is 2. The van der Waals surface area contributed by atoms with Gasteiger partial charge >= 0.3 is 0 Å². The van der Waals surface area contributed by atoms with Crippen LogP contribution in [0.5, 0.6) is 17.2 Å². The summed E-state index contributed by atoms with van der Waals surface area (Å²) in [5.41, 5.74) is 1.68. The Kier molecular flexibility index (Phi) is 5.61. The van der Waals surface area contributed by atoms with Crippen molar-refractivity contribution in [2.75, 3.05) is 49.4 Å². The first-order valence-corrected chi connectivity index (χ1v) is 11.1. The maximum absolute atomic E-state index is 13.1. The molecule has 0 aliphatic carbocycles. The van der Waals surface area contributed by atoms with Gasteiger partial charge in [-0.15, -0.1) is 0 Å². The summed E-state index contributed by atoms with van der Waals surface area (Å²) in [6.07, 6.45) is 1.14. The fourth-order valence-electron chi connectivity index (χ4n) is 4.46. The lowest BCUT2D eigenvalue weighted by Crippen LogP contribution is -2.52. The van der Waals surface area contributed by atoms with Gasteiger partial charge in [-0.05, 0) is 42.8 Å². The third-order valence-electron chi connectivity index (χ3n) is 6.17. The molecule has 0 radical (unpaired) electrons. The summed E-state index contributed by atoms with van der Waals surface area (Å²) in [5.74, 6) is 1.98. The van der Waals surface area contributed by atoms with Gasteiger partial charge in [0.25, 0.3) is 5.91 Å². The van der Waals surface area contributed by atoms with Gasteiger partial charge < -0.3 is 19.1 Å². The molecule has 8 heteroatoms. The SMILES string of the molecule is CCCOc1ccc(N2C(=O)C[C@H](N3CCN(c4ccc5c(c4)OCO5)CC3)C2=O)cc1. The van der Waals surface area contributed by atoms with Gasteiger partial charge in [-0.2, -0.15) is 0 Å². The minimum absolute atomic E-state index is 0.145. The standard InChI is InChI=1S/C24H27N3O5/c1-2-13-30-19-6-3-17(4-7-19)27-23(28)15-20(24(27)29)26-11-9-25(10-12-26)18-5-8-21-22(14-18)32-16-31-21/h3-8,14,20H,2,9-13,15-16H2,1H3/t20-/m0/s1. The molecule has 0 bridgehead atoms. The van der Waals surface area contributed by atoms with Crippen molar-refractivity contribution in [2.45, 2.75) is 25.8 Å². The lowest BCUT2D eigenvalue weighted by Gasteiger charge is -2.38. The van der Waals surface area contributed by atoms with E-state index in [-0.39, 0.29) is 25.0 Å². The normalized spacial score (nSPS) is 20.8. The highest BCUT2D eigenvalue weighted by molar-refractivity contribution is 6.22. The van der Waals surface area contributed by atoms with E-state index in [2.05, 4.69) is 9.80 Å². The van der Waals surface area contributed by atoms with Crippen molar-refractivity contribution in [1.82, 2.24) is 4.90 Å². The van der Waals surface area contributed by atoms with Crippen molar-refractivity contribution >= 4 is 23.2 Å². The van der Waals surface area contributed by atoms with E-state index < -0.39 is 6.04 Å². The molecule has 0 saturated carbocycles. The molecule has 1 atom stereocenters. The first kappa shape index (κ1) is 20.6. The van der Waals surface area contributed by atoms with Crippen molar-refractivity contribution in [3.63, 3.8) is 0 Å². The Bertz CT molecular complexity index is 1000. The molecule has 5 rings (SSSR count). The van der Waals surface area contributed by atoms with Crippen LogP contribution in [0.2, 0.25) is 0 Å². The van der Waals surface area contributed by atoms with Gasteiger partial charge in [-0.3, -0.25) is 14.5 Å². The lowest BCUT2D eigenvalue weighted by atomic mass is 10.1. The first-order chi connectivity index (χ1) is 15.6. The van der Waals surface area contributed by atoms with Gasteiger partial charge in [0.05, 0.1) is 24.8 Å². The zero-order valence-corrected chi connectivity index (χ0v) is 18.2. The van der Waals surface area contributed by atoms with Gasteiger partial charge in [0.15, 0.2) is 11.5 Å². The quantitative estimate of drug-likeness (QED) is 0.644. The third kappa shape index (κ3) is 3.86. The Labute approximate surface area is 187 Å². The smallest absolute Gasteiger partial charge is 0.251 e. The van der Waals surface area contributed by atoms with E-state index in [1.54, 1.807) is 12.1 Å². The number of benzene rings is 2. The number of ether oxygens (including phenoxy) is 3. The fraction of sp³-hybridized carbons (Fsp3) is 0.417. The van der Waals surface area contributed by atoms with Crippen LogP contribution >= 0.6 is 0 Å². The van der Waals surface area contributed by atoms with E-state index in [1.807, 2.05) is 37.3 Å². The number of carbonyl (C=O) groups is 2. The number of piperazine rings is 1. The Morgan fingerprint density at radius 2 is 1.66 bits per heavy atom. The number of anilines is 2. The highest BCUT2D eigenvalue weighted by Crippen LogP contribution is 2.36. The van der Waals surface area contributed by atoms with E-state index in [0.29, 0.717) is 12.3 Å². The maximum Gasteiger partial charge on any atom is 0.251 e. The van der Waals surface area contributed by atoms with Gasteiger partial charge in [0.1, 0.15) is 5.75 Å². The topological polar surface area (TPSA) is 71.6 Å². The van der Waals surface area contributed by atoms with Crippen LogP contribution < -0.4 is 24.0 Å². The molecule has 2 aromatic carbocycles. The minimum atomic E-state index is -0.405. The maximum atomic E-state index is 13.1. The Morgan fingerprint density at radius 3 is 2.41 bits per heavy atom. The van der Waals surface area contributed by atoms with Crippen LogP contribution in [0, 0.1) is 0 Å². The summed E-state index contributed by atoms with van der Waals surface area (Å²) >= 11 is 0. The molecule has 0 aromatic heterocycles. The van der Waals surface area contributed by atoms with Gasteiger partial charge in [-0.1, -0.05) is 6.92 Å². The summed E-state index contributed by atoms with van der Waals surface area (Å²) in [6, 6.07) is 12.7. The molecule has 32 heavy (non-hydrogen) atoms. The zero-order valence-electron chi connectivity index (χ0n) is 18.2. The number of imide groups is 1. The molecule has 3 aliphatic rings. The number of hydrogen-bond acceptors (Lipinski definition) is 7. The van der Waals surface area contributed by atoms with Gasteiger partial charge in [0, 0.05) is 37.9 Å². The van der Waals surface area contributed by atoms with Crippen molar-refractivity contribution in [1.29, 1.82) is 0 Å². The number of carbonyl (C=O) groups excluding carboxylic acids is 2. The van der Waals surface area contributed by atoms with E-state index in [0.717, 1.165) is 55.5 Å². The Morgan fingerprint density at radius 1 is 0.938 bits per heavy atom. The summed E-state index contributed by atoms with van der Waals surface area (Å²) in [7, 11) is 0. The van der Waals surface area contributed by atoms with Crippen molar-refractivity contribution in [2.24, 2.45) is 0 Å². The first-order valence-electron chi connectivity index (χ1n) is 11.1. The summed E-state index contributed by atoms with van der Waals surface area (Å²) in [5, 5.41) is 0. The zero-order chi connectivity index (χ0) is 22.1. The van der Waals surface area contributed by atoms with Crippen molar-refractivity contribution < 1.29 is 23.8 Å². The lowest BCUT2D eigenvalue weighted by molar-refractivity contribution is -0.123. The highest BCUT2D eigenvalue weighted by atomic mass is 16.7. The van der Waals surface area contributed by atoms with Crippen molar-refractivity contribution in [3.05, 3.63) is 42.5 Å². The molecule has 0 N–H and O–H groups in total. The molecular weight excluding hydrogens is 410 g/mol. The molecule has 2 saturated heterocycles. The molecule has 0 spiro atoms. The van der Waals surface area contributed by atoms with E-state index in [1.165, 1.54) is 4.90 Å². The number of hydrogen-bond donors (Lipinski definition) is 0. The molecule has 168 valence electrons. The summed E-state index contributed by atoms with van der Waals surface area (Å²) in [4.78, 5) is 31.6. The predicted octanol–water partition coefficient (Wildman–Crippen LogP) is 2.66. The molecule has 3 aliphatic heterocycles. The average molecular weight is 437 g/mol. The van der Waals surface area contributed by atoms with Gasteiger partial charge in [0.2, 0.25) is 12.7 Å². The molecule has 2 fully saturated rings. The predicted molar refractivity (Wildman–Crippen MR) is 119 cm³/mol. The van der Waals surface area contributed by atoms with E-state index in [9.17, 15) is 9.59 Å². The van der Waals surface area contributed by atoms with Crippen LogP contribution in [0.3, 0.4) is 0 Å². The summed E-state index contributed by atoms with van der Waals surface area (Å²) in [6.45, 7) is 5.94. The van der Waals surface area contributed by atoms with Crippen LogP contribution in [-0.4, -0.2) is 62.3 Å². The number of nitrogens with zero attached hydrogens (tertiary/aromatic N) is 3. The number of fused-ring (bicyclic) bond motifs is 1. The molecule has 3 heterocycles. The third-order valence-corrected chi connectivity index (χ3v) is 6.17. The Hall–Kier alpha value is -3.26. The second-order valence-electron chi connectivity index (χ2n) is 8.19. The second kappa shape index (κ2) is 8.70. The van der Waals surface area contributed by atoms with Crippen LogP contribution in [0.1, 0.15) is 19.8 Å². The molecule has 0 unspecified atom stereocenters. The van der Waals surface area contributed by atoms with Gasteiger partial charge in [-0.25, -0.2) is 4.90 Å². The second-order valence-corrected chi connectivity index (χ2v) is 8.19. The highest BCUT2D eigenvalue weighted by Gasteiger charge is 2.43. The minimum Gasteiger partial charge on any atom is -0.494 e. The van der Waals surface area contributed by atoms with Crippen LogP contribution in [0.25, 0.3) is 0 Å². The Balaban J connectivity index is 1.22. The van der Waals surface area contributed by atoms with Crippen LogP contribution in [0.15, 0.2) is 42.5 Å². The average Bonchev–Trinajstić information content (AvgIpc) is 3.41. The van der Waals surface area contributed by atoms with Crippen LogP contribution in [-0.2, 0) is 9.59 Å². The van der Waals surface area contributed by atoms with E-state index >= 15 is 0 Å². The van der Waals surface area contributed by atoms with Crippen LogP contribution in [0.4, 0.5) is 11.4 Å². The molecular formula is C24H27N3O5. The number of rotatable bonds is 6. The molecule has 2 aromatic rings. The largest absolute Gasteiger partial charge is 0.494 e. The fourth-order valence-corrected chi connectivity index (χ4v) is 4.46. The van der Waals surface area contributed by atoms with Crippen molar-refractivity contribution in [3.8, 4) is 17.2 Å². The monoisotopic (exact) mass is 437 g/mol. The molecule has 8 nitrogen and oxygen atoms in total. The summed E-state index contributed by atoms with van der Waals surface area (Å²) < 4.78 is 16.5. The molecule has 2 amide bonds.